The summed E-state index contributed by atoms with van der Waals surface area (Å²) in [5, 5.41) is 6.50. The van der Waals surface area contributed by atoms with Gasteiger partial charge in [-0.3, -0.25) is 4.99 Å². The van der Waals surface area contributed by atoms with Crippen LogP contribution in [0.3, 0.4) is 0 Å². The van der Waals surface area contributed by atoms with Crippen molar-refractivity contribution in [3.8, 4) is 0 Å². The molecule has 0 unspecified atom stereocenters. The van der Waals surface area contributed by atoms with Gasteiger partial charge in [-0.1, -0.05) is 44.9 Å². The minimum Gasteiger partial charge on any atom is -0.356 e. The first-order chi connectivity index (χ1) is 11.4. The summed E-state index contributed by atoms with van der Waals surface area (Å²) in [5.41, 5.74) is 0.719. The molecule has 1 aromatic carbocycles. The molecule has 6 nitrogen and oxygen atoms in total. The number of aliphatic imine (C=N–C) groups is 1. The number of nitrogens with one attached hydrogen (secondary N) is 2. The molecule has 0 aliphatic carbocycles. The number of hydrogen-bond donors (Lipinski definition) is 2. The first-order valence-electron chi connectivity index (χ1n) is 8.31. The van der Waals surface area contributed by atoms with Crippen LogP contribution in [0.5, 0.6) is 0 Å². The molecule has 0 aliphatic rings. The highest BCUT2D eigenvalue weighted by atomic mass is 32.2. The highest BCUT2D eigenvalue weighted by Crippen LogP contribution is 2.18. The minimum atomic E-state index is -3.46. The van der Waals surface area contributed by atoms with E-state index in [-0.39, 0.29) is 0 Å². The van der Waals surface area contributed by atoms with Crippen molar-refractivity contribution in [1.82, 2.24) is 14.9 Å². The van der Waals surface area contributed by atoms with E-state index in [0.29, 0.717) is 23.3 Å². The van der Waals surface area contributed by atoms with Crippen LogP contribution in [0.15, 0.2) is 34.2 Å². The van der Waals surface area contributed by atoms with Gasteiger partial charge in [-0.05, 0) is 17.5 Å². The minimum absolute atomic E-state index is 0.318. The second kappa shape index (κ2) is 9.64. The van der Waals surface area contributed by atoms with Gasteiger partial charge in [0, 0.05) is 34.2 Å². The summed E-state index contributed by atoms with van der Waals surface area (Å²) in [6.07, 6.45) is 2.23. The second-order valence-electron chi connectivity index (χ2n) is 5.88. The highest BCUT2D eigenvalue weighted by Gasteiger charge is 2.20. The van der Waals surface area contributed by atoms with Gasteiger partial charge in [0.25, 0.3) is 0 Å². The molecule has 24 heavy (non-hydrogen) atoms. The quantitative estimate of drug-likeness (QED) is 0.553. The lowest BCUT2D eigenvalue weighted by Gasteiger charge is -2.18. The van der Waals surface area contributed by atoms with Crippen molar-refractivity contribution in [2.45, 2.75) is 38.1 Å². The summed E-state index contributed by atoms with van der Waals surface area (Å²) in [6, 6.07) is 7.02. The summed E-state index contributed by atoms with van der Waals surface area (Å²) >= 11 is 0. The molecule has 0 saturated carbocycles. The fourth-order valence-electron chi connectivity index (χ4n) is 2.32. The highest BCUT2D eigenvalue weighted by molar-refractivity contribution is 7.89. The van der Waals surface area contributed by atoms with E-state index >= 15 is 0 Å². The zero-order valence-corrected chi connectivity index (χ0v) is 16.2. The molecule has 0 radical (unpaired) electrons. The molecule has 1 aromatic rings. The zero-order valence-electron chi connectivity index (χ0n) is 15.3. The van der Waals surface area contributed by atoms with Crippen LogP contribution in [0.25, 0.3) is 0 Å². The van der Waals surface area contributed by atoms with Crippen molar-refractivity contribution < 1.29 is 8.42 Å². The van der Waals surface area contributed by atoms with Gasteiger partial charge in [0.1, 0.15) is 0 Å². The van der Waals surface area contributed by atoms with Gasteiger partial charge in [0.05, 0.1) is 4.90 Å². The number of benzene rings is 1. The zero-order chi connectivity index (χ0) is 18.2. The van der Waals surface area contributed by atoms with Gasteiger partial charge in [0.2, 0.25) is 10.0 Å². The Bertz CT molecular complexity index is 638. The molecule has 0 amide bonds. The third-order valence-corrected chi connectivity index (χ3v) is 6.03. The van der Waals surface area contributed by atoms with Crippen LogP contribution in [-0.4, -0.2) is 46.4 Å². The molecule has 0 aliphatic heterocycles. The van der Waals surface area contributed by atoms with E-state index in [1.54, 1.807) is 19.2 Å². The molecule has 0 bridgehead atoms. The van der Waals surface area contributed by atoms with Crippen LogP contribution in [0.2, 0.25) is 0 Å². The number of hydrogen-bond acceptors (Lipinski definition) is 3. The third kappa shape index (κ3) is 5.49. The normalized spacial score (nSPS) is 12.7. The summed E-state index contributed by atoms with van der Waals surface area (Å²) in [5.74, 6) is 1.28. The Balaban J connectivity index is 2.80. The van der Waals surface area contributed by atoms with Crippen LogP contribution in [0.4, 0.5) is 0 Å². The molecule has 0 heterocycles. The maximum atomic E-state index is 12.4. The van der Waals surface area contributed by atoms with Gasteiger partial charge in [-0.2, -0.15) is 0 Å². The Morgan fingerprint density at radius 2 is 1.79 bits per heavy atom. The number of rotatable bonds is 8. The van der Waals surface area contributed by atoms with Crippen LogP contribution < -0.4 is 10.6 Å². The number of guanidine groups is 1. The predicted molar refractivity (Wildman–Crippen MR) is 99.6 cm³/mol. The molecule has 136 valence electrons. The van der Waals surface area contributed by atoms with E-state index in [1.807, 2.05) is 12.1 Å². The number of sulfonamides is 1. The van der Waals surface area contributed by atoms with E-state index in [2.05, 4.69) is 29.5 Å². The van der Waals surface area contributed by atoms with E-state index in [1.165, 1.54) is 18.4 Å². The molecule has 0 saturated heterocycles. The average Bonchev–Trinajstić information content (AvgIpc) is 2.58. The standard InChI is InChI=1S/C17H30N4O2S/c1-6-14(7-2)12-19-17(18-3)20-13-15-10-8-9-11-16(15)24(22,23)21(4)5/h8-11,14H,6-7,12-13H2,1-5H3,(H2,18,19,20). The number of nitrogens with zero attached hydrogens (tertiary/aromatic N) is 2. The van der Waals surface area contributed by atoms with E-state index in [0.717, 1.165) is 24.9 Å². The van der Waals surface area contributed by atoms with E-state index in [4.69, 9.17) is 0 Å². The van der Waals surface area contributed by atoms with Crippen LogP contribution >= 0.6 is 0 Å². The van der Waals surface area contributed by atoms with Gasteiger partial charge in [0.15, 0.2) is 5.96 Å². The van der Waals surface area contributed by atoms with E-state index in [9.17, 15) is 8.42 Å². The third-order valence-electron chi connectivity index (χ3n) is 4.11. The van der Waals surface area contributed by atoms with Crippen molar-refractivity contribution in [2.24, 2.45) is 10.9 Å². The van der Waals surface area contributed by atoms with Crippen LogP contribution in [-0.2, 0) is 16.6 Å². The monoisotopic (exact) mass is 354 g/mol. The Hall–Kier alpha value is -1.60. The largest absolute Gasteiger partial charge is 0.356 e. The average molecular weight is 355 g/mol. The first-order valence-corrected chi connectivity index (χ1v) is 9.75. The van der Waals surface area contributed by atoms with Crippen molar-refractivity contribution in [3.05, 3.63) is 29.8 Å². The Morgan fingerprint density at radius 1 is 1.17 bits per heavy atom. The lowest BCUT2D eigenvalue weighted by Crippen LogP contribution is -2.39. The molecule has 0 aromatic heterocycles. The summed E-state index contributed by atoms with van der Waals surface area (Å²) in [6.45, 7) is 5.60. The van der Waals surface area contributed by atoms with E-state index < -0.39 is 10.0 Å². The fraction of sp³-hybridized carbons (Fsp3) is 0.588. The molecular weight excluding hydrogens is 324 g/mol. The summed E-state index contributed by atoms with van der Waals surface area (Å²) in [4.78, 5) is 4.52. The Labute approximate surface area is 146 Å². The fourth-order valence-corrected chi connectivity index (χ4v) is 3.43. The van der Waals surface area contributed by atoms with Gasteiger partial charge >= 0.3 is 0 Å². The van der Waals surface area contributed by atoms with Gasteiger partial charge in [-0.15, -0.1) is 0 Å². The predicted octanol–water partition coefficient (Wildman–Crippen LogP) is 2.04. The van der Waals surface area contributed by atoms with Crippen molar-refractivity contribution in [2.75, 3.05) is 27.7 Å². The molecule has 0 fully saturated rings. The molecular formula is C17H30N4O2S. The van der Waals surface area contributed by atoms with Gasteiger partial charge < -0.3 is 10.6 Å². The smallest absolute Gasteiger partial charge is 0.242 e. The van der Waals surface area contributed by atoms with Crippen molar-refractivity contribution in [1.29, 1.82) is 0 Å². The first kappa shape index (κ1) is 20.4. The van der Waals surface area contributed by atoms with Crippen molar-refractivity contribution >= 4 is 16.0 Å². The van der Waals surface area contributed by atoms with Gasteiger partial charge in [-0.25, -0.2) is 12.7 Å². The second-order valence-corrected chi connectivity index (χ2v) is 8.00. The van der Waals surface area contributed by atoms with Crippen LogP contribution in [0.1, 0.15) is 32.3 Å². The summed E-state index contributed by atoms with van der Waals surface area (Å²) in [7, 11) is 1.32. The maximum absolute atomic E-state index is 12.4. The lowest BCUT2D eigenvalue weighted by atomic mass is 10.0. The molecule has 2 N–H and O–H groups in total. The summed E-state index contributed by atoms with van der Waals surface area (Å²) < 4.78 is 26.1. The molecule has 7 heteroatoms. The topological polar surface area (TPSA) is 73.8 Å². The Morgan fingerprint density at radius 3 is 2.33 bits per heavy atom. The maximum Gasteiger partial charge on any atom is 0.242 e. The Kier molecular flexibility index (Phi) is 8.21. The molecule has 0 atom stereocenters. The lowest BCUT2D eigenvalue weighted by molar-refractivity contribution is 0.481. The SMILES string of the molecule is CCC(CC)CNC(=NC)NCc1ccccc1S(=O)(=O)N(C)C. The molecule has 1 rings (SSSR count). The molecule has 0 spiro atoms. The van der Waals surface area contributed by atoms with Crippen LogP contribution in [0, 0.1) is 5.92 Å². The van der Waals surface area contributed by atoms with Crippen molar-refractivity contribution in [3.63, 3.8) is 0 Å².